The molecule has 2 amide bonds. The van der Waals surface area contributed by atoms with E-state index in [1.54, 1.807) is 0 Å². The number of hydrogen-bond acceptors (Lipinski definition) is 5. The fourth-order valence-electron chi connectivity index (χ4n) is 7.29. The summed E-state index contributed by atoms with van der Waals surface area (Å²) in [6, 6.07) is 5.32. The number of alkyl halides is 3. The van der Waals surface area contributed by atoms with Crippen molar-refractivity contribution >= 4 is 17.6 Å². The number of anilines is 1. The molecule has 0 radical (unpaired) electrons. The molecule has 0 spiro atoms. The number of benzene rings is 1. The Hall–Kier alpha value is -3.17. The van der Waals surface area contributed by atoms with Crippen LogP contribution in [0.1, 0.15) is 60.1 Å². The van der Waals surface area contributed by atoms with Gasteiger partial charge in [0.05, 0.1) is 23.2 Å². The number of carbonyl (C=O) groups excluding carboxylic acids is 2. The molecule has 5 aliphatic rings. The van der Waals surface area contributed by atoms with Crippen LogP contribution in [0.3, 0.4) is 0 Å². The van der Waals surface area contributed by atoms with Crippen LogP contribution in [0.15, 0.2) is 30.6 Å². The number of fused-ring (bicyclic) bond motifs is 1. The number of halogens is 3. The third-order valence-electron chi connectivity index (χ3n) is 8.39. The minimum Gasteiger partial charge on any atom is -0.405 e. The predicted octanol–water partition coefficient (Wildman–Crippen LogP) is 4.73. The van der Waals surface area contributed by atoms with Crippen LogP contribution < -0.4 is 10.1 Å². The quantitative estimate of drug-likeness (QED) is 0.656. The Balaban J connectivity index is 1.19. The molecule has 0 unspecified atom stereocenters. The Bertz CT molecular complexity index is 1180. The molecule has 0 atom stereocenters. The van der Waals surface area contributed by atoms with Gasteiger partial charge in [0.1, 0.15) is 17.9 Å². The maximum Gasteiger partial charge on any atom is 0.573 e. The zero-order valence-corrected chi connectivity index (χ0v) is 19.7. The van der Waals surface area contributed by atoms with Crippen LogP contribution >= 0.6 is 0 Å². The summed E-state index contributed by atoms with van der Waals surface area (Å²) in [6.07, 6.45) is 3.42. The lowest BCUT2D eigenvalue weighted by Crippen LogP contribution is -2.52. The van der Waals surface area contributed by atoms with Gasteiger partial charge in [0.15, 0.2) is 0 Å². The van der Waals surface area contributed by atoms with Crippen LogP contribution in [0, 0.1) is 23.2 Å². The van der Waals surface area contributed by atoms with Crippen LogP contribution in [0.5, 0.6) is 5.75 Å². The van der Waals surface area contributed by atoms with E-state index in [9.17, 15) is 22.8 Å². The molecule has 2 aromatic rings. The number of nitrogens with zero attached hydrogens (tertiary/aromatic N) is 3. The SMILES string of the molecule is O=C(c1ccccc1OC(F)(F)F)N1CCc2c(ncnc2NC(=O)C23CC4CC(CC(C4)C2)C3)C1. The largest absolute Gasteiger partial charge is 0.573 e. The predicted molar refractivity (Wildman–Crippen MR) is 123 cm³/mol. The van der Waals surface area contributed by atoms with Crippen LogP contribution in [-0.4, -0.2) is 39.6 Å². The lowest BCUT2D eigenvalue weighted by atomic mass is 9.49. The molecule has 4 aliphatic carbocycles. The Morgan fingerprint density at radius 2 is 1.69 bits per heavy atom. The van der Waals surface area contributed by atoms with Gasteiger partial charge < -0.3 is 15.0 Å². The molecule has 7 nitrogen and oxygen atoms in total. The first kappa shape index (κ1) is 23.2. The number of rotatable bonds is 4. The fourth-order valence-corrected chi connectivity index (χ4v) is 7.29. The van der Waals surface area contributed by atoms with Gasteiger partial charge in [-0.2, -0.15) is 0 Å². The van der Waals surface area contributed by atoms with Gasteiger partial charge in [-0.3, -0.25) is 9.59 Å². The minimum absolute atomic E-state index is 0.0410. The Kier molecular flexibility index (Phi) is 5.46. The molecule has 1 N–H and O–H groups in total. The monoisotopic (exact) mass is 500 g/mol. The van der Waals surface area contributed by atoms with E-state index in [0.29, 0.717) is 35.7 Å². The van der Waals surface area contributed by atoms with Gasteiger partial charge in [0.25, 0.3) is 5.91 Å². The molecule has 4 saturated carbocycles. The minimum atomic E-state index is -4.90. The zero-order valence-electron chi connectivity index (χ0n) is 19.7. The highest BCUT2D eigenvalue weighted by atomic mass is 19.4. The van der Waals surface area contributed by atoms with Crippen molar-refractivity contribution in [3.05, 3.63) is 47.4 Å². The summed E-state index contributed by atoms with van der Waals surface area (Å²) in [5.74, 6) is 1.35. The van der Waals surface area contributed by atoms with Gasteiger partial charge in [-0.25, -0.2) is 9.97 Å². The van der Waals surface area contributed by atoms with E-state index in [4.69, 9.17) is 0 Å². The van der Waals surface area contributed by atoms with Gasteiger partial charge in [0.2, 0.25) is 5.91 Å². The third kappa shape index (κ3) is 4.20. The van der Waals surface area contributed by atoms with Crippen molar-refractivity contribution in [2.24, 2.45) is 23.2 Å². The van der Waals surface area contributed by atoms with E-state index >= 15 is 0 Å². The van der Waals surface area contributed by atoms with Gasteiger partial charge in [-0.15, -0.1) is 13.2 Å². The summed E-state index contributed by atoms with van der Waals surface area (Å²) in [5, 5.41) is 3.10. The number of nitrogens with one attached hydrogen (secondary N) is 1. The summed E-state index contributed by atoms with van der Waals surface area (Å²) >= 11 is 0. The summed E-state index contributed by atoms with van der Waals surface area (Å²) in [4.78, 5) is 36.7. The smallest absolute Gasteiger partial charge is 0.405 e. The van der Waals surface area contributed by atoms with Crippen molar-refractivity contribution in [1.29, 1.82) is 0 Å². The first-order valence-electron chi connectivity index (χ1n) is 12.5. The van der Waals surface area contributed by atoms with E-state index in [0.717, 1.165) is 30.9 Å². The van der Waals surface area contributed by atoms with Crippen LogP contribution in [0.2, 0.25) is 0 Å². The van der Waals surface area contributed by atoms with Gasteiger partial charge >= 0.3 is 6.36 Å². The maximum absolute atomic E-state index is 13.5. The molecule has 36 heavy (non-hydrogen) atoms. The molecule has 1 aromatic carbocycles. The molecule has 1 aromatic heterocycles. The van der Waals surface area contributed by atoms with E-state index in [1.165, 1.54) is 48.7 Å². The number of amides is 2. The second-order valence-corrected chi connectivity index (χ2v) is 10.8. The number of aromatic nitrogens is 2. The zero-order chi connectivity index (χ0) is 25.1. The molecule has 4 bridgehead atoms. The van der Waals surface area contributed by atoms with Crippen LogP contribution in [-0.2, 0) is 17.8 Å². The van der Waals surface area contributed by atoms with Crippen molar-refractivity contribution < 1.29 is 27.5 Å². The first-order valence-corrected chi connectivity index (χ1v) is 12.5. The first-order chi connectivity index (χ1) is 17.2. The molecule has 1 aliphatic heterocycles. The Morgan fingerprint density at radius 3 is 2.36 bits per heavy atom. The average Bonchev–Trinajstić information content (AvgIpc) is 2.82. The fraction of sp³-hybridized carbons (Fsp3) is 0.538. The molecule has 7 rings (SSSR count). The molecule has 2 heterocycles. The molecule has 0 saturated heterocycles. The van der Waals surface area contributed by atoms with Crippen molar-refractivity contribution in [3.8, 4) is 5.75 Å². The Morgan fingerprint density at radius 1 is 1.03 bits per heavy atom. The summed E-state index contributed by atoms with van der Waals surface area (Å²) in [5.41, 5.74) is 0.882. The van der Waals surface area contributed by atoms with Gasteiger partial charge in [-0.05, 0) is 74.8 Å². The van der Waals surface area contributed by atoms with Gasteiger partial charge in [-0.1, -0.05) is 12.1 Å². The number of hydrogen-bond donors (Lipinski definition) is 1. The van der Waals surface area contributed by atoms with Crippen molar-refractivity contribution in [3.63, 3.8) is 0 Å². The standard InChI is InChI=1S/C26H27F3N4O3/c27-26(28,29)36-21-4-2-1-3-19(21)23(34)33-6-5-18-20(13-33)30-14-31-22(18)32-24(35)25-10-15-7-16(11-25)9-17(8-15)12-25/h1-4,14-17H,5-13H2,(H,30,31,32,35). The number of ether oxygens (including phenoxy) is 1. The topological polar surface area (TPSA) is 84.4 Å². The molecular formula is C26H27F3N4O3. The maximum atomic E-state index is 13.5. The van der Waals surface area contributed by atoms with Crippen LogP contribution in [0.4, 0.5) is 19.0 Å². The third-order valence-corrected chi connectivity index (χ3v) is 8.39. The van der Waals surface area contributed by atoms with Crippen molar-refractivity contribution in [2.75, 3.05) is 11.9 Å². The molecule has 10 heteroatoms. The summed E-state index contributed by atoms with van der Waals surface area (Å²) in [7, 11) is 0. The Labute approximate surface area is 206 Å². The molecular weight excluding hydrogens is 473 g/mol. The highest BCUT2D eigenvalue weighted by Gasteiger charge is 2.54. The highest BCUT2D eigenvalue weighted by Crippen LogP contribution is 2.60. The van der Waals surface area contributed by atoms with Crippen LogP contribution in [0.25, 0.3) is 0 Å². The molecule has 190 valence electrons. The second kappa shape index (κ2) is 8.45. The summed E-state index contributed by atoms with van der Waals surface area (Å²) < 4.78 is 42.5. The van der Waals surface area contributed by atoms with Crippen molar-refractivity contribution in [2.45, 2.75) is 57.9 Å². The molecule has 4 fully saturated rings. The lowest BCUT2D eigenvalue weighted by Gasteiger charge is -2.55. The van der Waals surface area contributed by atoms with E-state index in [2.05, 4.69) is 20.0 Å². The highest BCUT2D eigenvalue weighted by molar-refractivity contribution is 5.97. The van der Waals surface area contributed by atoms with E-state index in [1.807, 2.05) is 0 Å². The second-order valence-electron chi connectivity index (χ2n) is 10.8. The van der Waals surface area contributed by atoms with E-state index in [-0.39, 0.29) is 30.0 Å². The van der Waals surface area contributed by atoms with E-state index < -0.39 is 18.0 Å². The lowest BCUT2D eigenvalue weighted by molar-refractivity contribution is -0.274. The van der Waals surface area contributed by atoms with Crippen molar-refractivity contribution in [1.82, 2.24) is 14.9 Å². The normalized spacial score (nSPS) is 28.5. The average molecular weight is 501 g/mol. The number of carbonyl (C=O) groups is 2. The van der Waals surface area contributed by atoms with Gasteiger partial charge in [0, 0.05) is 12.1 Å². The number of para-hydroxylation sites is 1. The summed E-state index contributed by atoms with van der Waals surface area (Å²) in [6.45, 7) is 0.372.